The van der Waals surface area contributed by atoms with Gasteiger partial charge in [0, 0.05) is 34.7 Å². The van der Waals surface area contributed by atoms with Crippen molar-refractivity contribution in [2.45, 2.75) is 13.3 Å². The lowest BCUT2D eigenvalue weighted by atomic mass is 10.1. The van der Waals surface area contributed by atoms with Crippen molar-refractivity contribution in [3.63, 3.8) is 0 Å². The fourth-order valence-electron chi connectivity index (χ4n) is 2.87. The molecule has 1 unspecified atom stereocenters. The summed E-state index contributed by atoms with van der Waals surface area (Å²) >= 11 is 2.16. The number of aryl methyl sites for hydroxylation is 1. The highest BCUT2D eigenvalue weighted by molar-refractivity contribution is 14.1. The van der Waals surface area contributed by atoms with Crippen LogP contribution in [0.3, 0.4) is 0 Å². The second kappa shape index (κ2) is 7.34. The second-order valence-corrected chi connectivity index (χ2v) is 7.26. The number of nitrogens with one attached hydrogen (secondary N) is 1. The molecule has 1 aliphatic rings. The minimum absolute atomic E-state index is 0.0822. The molecule has 1 atom stereocenters. The lowest BCUT2D eigenvalue weighted by Crippen LogP contribution is -2.31. The average molecular weight is 434 g/mol. The maximum Gasteiger partial charge on any atom is 0.252 e. The van der Waals surface area contributed by atoms with Crippen molar-refractivity contribution in [1.82, 2.24) is 5.32 Å². The fourth-order valence-corrected chi connectivity index (χ4v) is 3.50. The Balaban J connectivity index is 1.59. The maximum absolute atomic E-state index is 12.3. The average Bonchev–Trinajstić information content (AvgIpc) is 2.95. The number of hydrogen-bond acceptors (Lipinski definition) is 2. The van der Waals surface area contributed by atoms with E-state index in [1.807, 2.05) is 60.4 Å². The van der Waals surface area contributed by atoms with Crippen molar-refractivity contribution >= 4 is 40.1 Å². The summed E-state index contributed by atoms with van der Waals surface area (Å²) in [7, 11) is 0. The van der Waals surface area contributed by atoms with Crippen molar-refractivity contribution in [1.29, 1.82) is 0 Å². The zero-order valence-corrected chi connectivity index (χ0v) is 15.6. The van der Waals surface area contributed by atoms with Gasteiger partial charge in [0.25, 0.3) is 5.91 Å². The molecule has 24 heavy (non-hydrogen) atoms. The molecule has 0 saturated carbocycles. The van der Waals surface area contributed by atoms with Crippen LogP contribution in [0, 0.1) is 16.4 Å². The van der Waals surface area contributed by atoms with Gasteiger partial charge >= 0.3 is 0 Å². The Hall–Kier alpha value is -1.89. The molecule has 0 spiro atoms. The topological polar surface area (TPSA) is 49.4 Å². The third-order valence-electron chi connectivity index (χ3n) is 4.22. The SMILES string of the molecule is Cc1ccc(N2CC(CNC(=O)c3ccccc3I)CC2=O)cc1. The zero-order valence-electron chi connectivity index (χ0n) is 13.5. The lowest BCUT2D eigenvalue weighted by Gasteiger charge is -2.17. The number of halogens is 1. The summed E-state index contributed by atoms with van der Waals surface area (Å²) in [6, 6.07) is 15.5. The molecule has 2 amide bonds. The molecule has 0 bridgehead atoms. The van der Waals surface area contributed by atoms with Gasteiger partial charge in [-0.1, -0.05) is 29.8 Å². The Bertz CT molecular complexity index is 758. The minimum atomic E-state index is -0.0822. The van der Waals surface area contributed by atoms with Gasteiger partial charge in [-0.15, -0.1) is 0 Å². The Morgan fingerprint density at radius 2 is 1.92 bits per heavy atom. The van der Waals surface area contributed by atoms with E-state index in [4.69, 9.17) is 0 Å². The molecule has 0 aliphatic carbocycles. The standard InChI is InChI=1S/C19H19IN2O2/c1-13-6-8-15(9-7-13)22-12-14(10-18(22)23)11-21-19(24)16-4-2-3-5-17(16)20/h2-9,14H,10-12H2,1H3,(H,21,24). The molecule has 1 fully saturated rings. The Morgan fingerprint density at radius 1 is 1.21 bits per heavy atom. The third-order valence-corrected chi connectivity index (χ3v) is 5.16. The van der Waals surface area contributed by atoms with E-state index in [2.05, 4.69) is 27.9 Å². The first-order valence-electron chi connectivity index (χ1n) is 7.94. The quantitative estimate of drug-likeness (QED) is 0.751. The normalized spacial score (nSPS) is 17.2. The molecule has 4 nitrogen and oxygen atoms in total. The Morgan fingerprint density at radius 3 is 2.62 bits per heavy atom. The zero-order chi connectivity index (χ0) is 17.1. The second-order valence-electron chi connectivity index (χ2n) is 6.10. The van der Waals surface area contributed by atoms with Crippen molar-refractivity contribution in [2.24, 2.45) is 5.92 Å². The van der Waals surface area contributed by atoms with Crippen LogP contribution in [0.2, 0.25) is 0 Å². The smallest absolute Gasteiger partial charge is 0.252 e. The van der Waals surface area contributed by atoms with E-state index in [0.29, 0.717) is 25.1 Å². The van der Waals surface area contributed by atoms with Crippen LogP contribution in [0.1, 0.15) is 22.3 Å². The first kappa shape index (κ1) is 17.0. The van der Waals surface area contributed by atoms with Crippen LogP contribution < -0.4 is 10.2 Å². The van der Waals surface area contributed by atoms with Crippen molar-refractivity contribution in [2.75, 3.05) is 18.0 Å². The molecule has 5 heteroatoms. The molecule has 124 valence electrons. The lowest BCUT2D eigenvalue weighted by molar-refractivity contribution is -0.117. The fraction of sp³-hybridized carbons (Fsp3) is 0.263. The van der Waals surface area contributed by atoms with Crippen LogP contribution in [-0.2, 0) is 4.79 Å². The van der Waals surface area contributed by atoms with E-state index in [1.165, 1.54) is 5.56 Å². The number of amides is 2. The van der Waals surface area contributed by atoms with Gasteiger partial charge in [-0.05, 0) is 53.8 Å². The van der Waals surface area contributed by atoms with E-state index >= 15 is 0 Å². The molecule has 2 aromatic carbocycles. The van der Waals surface area contributed by atoms with Gasteiger partial charge in [-0.3, -0.25) is 9.59 Å². The molecule has 1 N–H and O–H groups in total. The van der Waals surface area contributed by atoms with E-state index < -0.39 is 0 Å². The number of carbonyl (C=O) groups excluding carboxylic acids is 2. The van der Waals surface area contributed by atoms with Gasteiger partial charge < -0.3 is 10.2 Å². The van der Waals surface area contributed by atoms with Gasteiger partial charge in [0.2, 0.25) is 5.91 Å². The monoisotopic (exact) mass is 434 g/mol. The summed E-state index contributed by atoms with van der Waals surface area (Å²) in [6.07, 6.45) is 0.472. The van der Waals surface area contributed by atoms with Crippen molar-refractivity contribution < 1.29 is 9.59 Å². The molecule has 2 aromatic rings. The van der Waals surface area contributed by atoms with Gasteiger partial charge in [-0.2, -0.15) is 0 Å². The van der Waals surface area contributed by atoms with Crippen molar-refractivity contribution in [3.05, 3.63) is 63.2 Å². The summed E-state index contributed by atoms with van der Waals surface area (Å²) in [6.45, 7) is 3.19. The van der Waals surface area contributed by atoms with Crippen LogP contribution in [0.25, 0.3) is 0 Å². The van der Waals surface area contributed by atoms with Crippen LogP contribution in [-0.4, -0.2) is 24.9 Å². The number of anilines is 1. The minimum Gasteiger partial charge on any atom is -0.352 e. The van der Waals surface area contributed by atoms with Gasteiger partial charge in [0.05, 0.1) is 5.56 Å². The number of carbonyl (C=O) groups is 2. The van der Waals surface area contributed by atoms with Gasteiger partial charge in [0.1, 0.15) is 0 Å². The van der Waals surface area contributed by atoms with Crippen LogP contribution in [0.15, 0.2) is 48.5 Å². The highest BCUT2D eigenvalue weighted by Gasteiger charge is 2.30. The maximum atomic E-state index is 12.3. The number of rotatable bonds is 4. The summed E-state index contributed by atoms with van der Waals surface area (Å²) in [5, 5.41) is 2.96. The molecule has 1 aliphatic heterocycles. The molecular formula is C19H19IN2O2. The highest BCUT2D eigenvalue weighted by atomic mass is 127. The largest absolute Gasteiger partial charge is 0.352 e. The van der Waals surface area contributed by atoms with E-state index in [1.54, 1.807) is 0 Å². The molecule has 1 saturated heterocycles. The predicted octanol–water partition coefficient (Wildman–Crippen LogP) is 3.38. The first-order valence-corrected chi connectivity index (χ1v) is 9.02. The Labute approximate surface area is 155 Å². The molecular weight excluding hydrogens is 415 g/mol. The highest BCUT2D eigenvalue weighted by Crippen LogP contribution is 2.25. The number of hydrogen-bond donors (Lipinski definition) is 1. The van der Waals surface area contributed by atoms with Crippen LogP contribution >= 0.6 is 22.6 Å². The first-order chi connectivity index (χ1) is 11.5. The number of nitrogens with zero attached hydrogens (tertiary/aromatic N) is 1. The van der Waals surface area contributed by atoms with E-state index in [-0.39, 0.29) is 17.7 Å². The summed E-state index contributed by atoms with van der Waals surface area (Å²) in [4.78, 5) is 26.3. The molecule has 3 rings (SSSR count). The van der Waals surface area contributed by atoms with Gasteiger partial charge in [-0.25, -0.2) is 0 Å². The predicted molar refractivity (Wildman–Crippen MR) is 103 cm³/mol. The van der Waals surface area contributed by atoms with E-state index in [9.17, 15) is 9.59 Å². The summed E-state index contributed by atoms with van der Waals surface area (Å²) in [5.41, 5.74) is 2.78. The van der Waals surface area contributed by atoms with Crippen LogP contribution in [0.4, 0.5) is 5.69 Å². The molecule has 0 aromatic heterocycles. The number of benzene rings is 2. The third kappa shape index (κ3) is 3.77. The Kier molecular flexibility index (Phi) is 5.18. The summed E-state index contributed by atoms with van der Waals surface area (Å²) in [5.74, 6) is 0.178. The van der Waals surface area contributed by atoms with Gasteiger partial charge in [0.15, 0.2) is 0 Å². The van der Waals surface area contributed by atoms with E-state index in [0.717, 1.165) is 9.26 Å². The van der Waals surface area contributed by atoms with Crippen molar-refractivity contribution in [3.8, 4) is 0 Å². The molecule has 0 radical (unpaired) electrons. The summed E-state index contributed by atoms with van der Waals surface area (Å²) < 4.78 is 0.927. The van der Waals surface area contributed by atoms with Crippen LogP contribution in [0.5, 0.6) is 0 Å². The molecule has 1 heterocycles.